The van der Waals surface area contributed by atoms with E-state index in [0.29, 0.717) is 11.3 Å². The number of nitrogens with zero attached hydrogens (tertiary/aromatic N) is 5. The van der Waals surface area contributed by atoms with E-state index in [0.717, 1.165) is 9.13 Å². The van der Waals surface area contributed by atoms with Gasteiger partial charge in [0.05, 0.1) is 59.1 Å². The second-order valence-corrected chi connectivity index (χ2v) is 11.9. The van der Waals surface area contributed by atoms with Crippen LogP contribution in [-0.2, 0) is 0 Å². The molecule has 0 fully saturated rings. The summed E-state index contributed by atoms with van der Waals surface area (Å²) < 4.78 is 243. The minimum Gasteiger partial charge on any atom is -0.307 e. The van der Waals surface area contributed by atoms with Gasteiger partial charge in [0.2, 0.25) is 5.95 Å². The van der Waals surface area contributed by atoms with E-state index in [4.69, 9.17) is 21.9 Å². The van der Waals surface area contributed by atoms with Crippen molar-refractivity contribution in [3.8, 4) is 34.4 Å². The van der Waals surface area contributed by atoms with E-state index in [2.05, 4.69) is 15.0 Å². The highest BCUT2D eigenvalue weighted by molar-refractivity contribution is 7.25. The predicted molar refractivity (Wildman–Crippen MR) is 212 cm³/mol. The molecule has 11 aromatic rings. The lowest BCUT2D eigenvalue weighted by Gasteiger charge is -2.13. The number of hydrogen-bond acceptors (Lipinski definition) is 4. The fourth-order valence-electron chi connectivity index (χ4n) is 6.05. The summed E-state index contributed by atoms with van der Waals surface area (Å²) in [7, 11) is 0. The van der Waals surface area contributed by atoms with Crippen molar-refractivity contribution in [3.63, 3.8) is 0 Å². The van der Waals surface area contributed by atoms with Crippen LogP contribution in [0.4, 0.5) is 0 Å². The Kier molecular flexibility index (Phi) is 2.70. The smallest absolute Gasteiger partial charge is 0.238 e. The van der Waals surface area contributed by atoms with E-state index in [1.165, 1.54) is 0 Å². The molecule has 0 aliphatic carbocycles. The molecule has 51 heavy (non-hydrogen) atoms. The molecule has 7 aromatic carbocycles. The average Bonchev–Trinajstić information content (AvgIpc) is 4.17. The minimum atomic E-state index is -0.960. The Morgan fingerprint density at radius 2 is 0.961 bits per heavy atom. The lowest BCUT2D eigenvalue weighted by Crippen LogP contribution is -2.07. The van der Waals surface area contributed by atoms with Crippen molar-refractivity contribution < 1.29 is 37.0 Å². The van der Waals surface area contributed by atoms with Crippen molar-refractivity contribution in [3.05, 3.63) is 163 Å². The Bertz CT molecular complexity index is 4660. The monoisotopic (exact) mass is 696 g/mol. The minimum absolute atomic E-state index is 0.0923. The zero-order valence-electron chi connectivity index (χ0n) is 52.1. The highest BCUT2D eigenvalue weighted by atomic mass is 32.1. The molecule has 0 atom stereocenters. The molecule has 5 nitrogen and oxygen atoms in total. The van der Waals surface area contributed by atoms with Crippen molar-refractivity contribution in [2.24, 2.45) is 0 Å². The summed E-state index contributed by atoms with van der Waals surface area (Å²) in [5.41, 5.74) is -4.69. The van der Waals surface area contributed by atoms with Gasteiger partial charge in [-0.15, -0.1) is 11.3 Å². The Hall–Kier alpha value is -6.63. The maximum atomic E-state index is 9.68. The summed E-state index contributed by atoms with van der Waals surface area (Å²) in [5.74, 6) is -2.57. The third kappa shape index (κ3) is 4.24. The van der Waals surface area contributed by atoms with Crippen LogP contribution >= 0.6 is 11.3 Å². The molecule has 4 aromatic heterocycles. The van der Waals surface area contributed by atoms with Crippen LogP contribution in [0.2, 0.25) is 0 Å². The third-order valence-electron chi connectivity index (χ3n) is 8.11. The summed E-state index contributed by atoms with van der Waals surface area (Å²) in [6.45, 7) is 0. The second-order valence-electron chi connectivity index (χ2n) is 10.8. The Morgan fingerprint density at radius 1 is 0.412 bits per heavy atom. The number of thiophene rings is 1. The van der Waals surface area contributed by atoms with Gasteiger partial charge in [0.25, 0.3) is 0 Å². The first-order valence-corrected chi connectivity index (χ1v) is 15.7. The molecule has 0 saturated heterocycles. The fraction of sp³-hybridized carbons (Fsp3) is 0. The summed E-state index contributed by atoms with van der Waals surface area (Å²) in [6, 6.07) is -22.8. The van der Waals surface area contributed by atoms with Crippen molar-refractivity contribution >= 4 is 75.1 Å². The van der Waals surface area contributed by atoms with Gasteiger partial charge in [-0.1, -0.05) is 115 Å². The molecule has 0 saturated carbocycles. The van der Waals surface area contributed by atoms with Crippen LogP contribution in [0.25, 0.3) is 98.2 Å². The number of aromatic nitrogens is 5. The van der Waals surface area contributed by atoms with E-state index >= 15 is 0 Å². The lowest BCUT2D eigenvalue weighted by atomic mass is 10.1. The van der Waals surface area contributed by atoms with Crippen molar-refractivity contribution in [1.82, 2.24) is 24.1 Å². The maximum absolute atomic E-state index is 9.68. The van der Waals surface area contributed by atoms with Crippen molar-refractivity contribution in [2.45, 2.75) is 0 Å². The first-order valence-electron chi connectivity index (χ1n) is 28.3. The third-order valence-corrected chi connectivity index (χ3v) is 9.13. The Balaban J connectivity index is 1.47. The highest BCUT2D eigenvalue weighted by Crippen LogP contribution is 2.42. The van der Waals surface area contributed by atoms with E-state index in [1.807, 2.05) is 0 Å². The number of rotatable bonds is 4. The average molecular weight is 697 g/mol. The molecule has 4 heterocycles. The van der Waals surface area contributed by atoms with Gasteiger partial charge in [0.1, 0.15) is 0 Å². The second kappa shape index (κ2) is 10.9. The van der Waals surface area contributed by atoms with E-state index in [-0.39, 0.29) is 20.2 Å². The molecule has 0 aliphatic heterocycles. The van der Waals surface area contributed by atoms with E-state index in [9.17, 15) is 15.1 Å². The summed E-state index contributed by atoms with van der Waals surface area (Å²) in [5, 5.41) is -2.72. The molecule has 6 heteroatoms. The number of benzene rings is 7. The van der Waals surface area contributed by atoms with Crippen LogP contribution in [0.1, 0.15) is 37.0 Å². The van der Waals surface area contributed by atoms with Crippen LogP contribution < -0.4 is 0 Å². The molecular formula is C45H27N5S. The number of para-hydroxylation sites is 3. The summed E-state index contributed by atoms with van der Waals surface area (Å²) >= 11 is 0.692. The molecule has 0 bridgehead atoms. The zero-order valence-corrected chi connectivity index (χ0v) is 26.0. The fourth-order valence-corrected chi connectivity index (χ4v) is 6.97. The first-order chi connectivity index (χ1) is 36.5. The Morgan fingerprint density at radius 3 is 1.69 bits per heavy atom. The molecule has 0 radical (unpaired) electrons. The normalized spacial score (nSPS) is 19.3. The molecule has 0 spiro atoms. The van der Waals surface area contributed by atoms with Crippen LogP contribution in [0.3, 0.4) is 0 Å². The van der Waals surface area contributed by atoms with E-state index in [1.54, 1.807) is 0 Å². The van der Waals surface area contributed by atoms with Gasteiger partial charge >= 0.3 is 0 Å². The number of fused-ring (bicyclic) bond motifs is 10. The molecular weight excluding hydrogens is 643 g/mol. The largest absolute Gasteiger partial charge is 0.307 e. The topological polar surface area (TPSA) is 48.5 Å². The molecule has 0 N–H and O–H groups in total. The maximum Gasteiger partial charge on any atom is 0.238 e. The molecule has 0 aliphatic rings. The van der Waals surface area contributed by atoms with Gasteiger partial charge in [0, 0.05) is 58.5 Å². The summed E-state index contributed by atoms with van der Waals surface area (Å²) in [6.07, 6.45) is 0. The standard InChI is InChI=1S/C45H27N5S/c1-3-13-28(14-4-1)43-46-44(29-23-26-40-36(27-29)33-19-9-12-22-39(33)51-40)48-45(47-43)50-38-21-11-8-18-32(38)35-25-24-34-31-17-7-10-20-37(31)49(41(34)42(35)50)30-15-5-2-6-16-30/h1-27H/i1D,2D,3D,4D,5D,6D,7D,8D,9D,10D,11D,12D,13D,14D,15D,16D,17D,18D,19D,20D,21D,22D,23D,24D,25D,26D,27D. The first kappa shape index (κ1) is 12.6. The predicted octanol–water partition coefficient (Wildman–Crippen LogP) is 11.8. The van der Waals surface area contributed by atoms with Crippen LogP contribution in [0.15, 0.2) is 163 Å². The molecule has 238 valence electrons. The lowest BCUT2D eigenvalue weighted by molar-refractivity contribution is 0.953. The van der Waals surface area contributed by atoms with Gasteiger partial charge in [-0.25, -0.2) is 4.98 Å². The van der Waals surface area contributed by atoms with Gasteiger partial charge in [-0.2, -0.15) is 9.97 Å². The highest BCUT2D eigenvalue weighted by Gasteiger charge is 2.23. The van der Waals surface area contributed by atoms with Crippen LogP contribution in [0.5, 0.6) is 0 Å². The van der Waals surface area contributed by atoms with Crippen molar-refractivity contribution in [2.75, 3.05) is 0 Å². The van der Waals surface area contributed by atoms with Gasteiger partial charge < -0.3 is 4.57 Å². The Labute approximate surface area is 334 Å². The zero-order chi connectivity index (χ0) is 57.0. The van der Waals surface area contributed by atoms with Gasteiger partial charge in [-0.3, -0.25) is 4.57 Å². The van der Waals surface area contributed by atoms with Crippen LogP contribution in [-0.4, -0.2) is 24.1 Å². The molecule has 0 amide bonds. The molecule has 0 unspecified atom stereocenters. The quantitative estimate of drug-likeness (QED) is 0.184. The van der Waals surface area contributed by atoms with E-state index < -0.39 is 241 Å². The molecule has 11 rings (SSSR count). The van der Waals surface area contributed by atoms with Crippen LogP contribution in [0, 0.1) is 0 Å². The van der Waals surface area contributed by atoms with Crippen molar-refractivity contribution in [1.29, 1.82) is 0 Å². The van der Waals surface area contributed by atoms with Gasteiger partial charge in [0.15, 0.2) is 11.6 Å². The summed E-state index contributed by atoms with van der Waals surface area (Å²) in [4.78, 5) is 13.6. The van der Waals surface area contributed by atoms with Gasteiger partial charge in [-0.05, 0) is 48.3 Å². The SMILES string of the molecule is [2H]c1c([2H])c([2H])c(-c2nc(-c3c([2H])c([2H])c4sc5c([2H])c([2H])c([2H])c([2H])c5c4c3[2H])nc(-n3c4c([2H])c([2H])c([2H])c([2H])c4c4c([2H])c([2H])c5c6c([2H])c([2H])c([2H])c([2H])c6n(-c6c([2H])c([2H])c([2H])c([2H])c6[2H])c5c43)n2)c([2H])c1[2H]. The number of hydrogen-bond donors (Lipinski definition) is 0.